The molecular formula is C16H12O2. The summed E-state index contributed by atoms with van der Waals surface area (Å²) in [5.41, 5.74) is 1.76. The van der Waals surface area contributed by atoms with E-state index in [2.05, 4.69) is 23.7 Å². The quantitative estimate of drug-likeness (QED) is 0.681. The number of aliphatic hydroxyl groups excluding tert-OH is 2. The number of rotatable bonds is 0. The molecule has 2 aromatic carbocycles. The summed E-state index contributed by atoms with van der Waals surface area (Å²) in [7, 11) is 0. The molecule has 2 N–H and O–H groups in total. The van der Waals surface area contributed by atoms with Crippen LogP contribution in [0.5, 0.6) is 0 Å². The van der Waals surface area contributed by atoms with Crippen LogP contribution in [0.25, 0.3) is 10.8 Å². The van der Waals surface area contributed by atoms with Crippen molar-refractivity contribution in [3.63, 3.8) is 0 Å². The van der Waals surface area contributed by atoms with E-state index in [1.165, 1.54) is 0 Å². The average Bonchev–Trinajstić information content (AvgIpc) is 2.42. The highest BCUT2D eigenvalue weighted by atomic mass is 16.3. The summed E-state index contributed by atoms with van der Waals surface area (Å²) in [6.45, 7) is -0.262. The predicted octanol–water partition coefficient (Wildman–Crippen LogP) is 1.53. The Morgan fingerprint density at radius 1 is 0.722 bits per heavy atom. The standard InChI is InChI=1S/C16H12O2/c17-9-1-3-13-5-7-16-12-14(4-2-10-18)6-8-15(16)11-13/h5-8,11-12,17-18H,9-10H2. The normalized spacial score (nSPS) is 9.22. The van der Waals surface area contributed by atoms with Crippen LogP contribution in [0.15, 0.2) is 36.4 Å². The molecule has 0 saturated carbocycles. The van der Waals surface area contributed by atoms with Crippen LogP contribution in [0.4, 0.5) is 0 Å². The number of aliphatic hydroxyl groups is 2. The molecule has 0 heterocycles. The molecule has 0 aliphatic carbocycles. The fourth-order valence-electron chi connectivity index (χ4n) is 1.68. The Kier molecular flexibility index (Phi) is 3.99. The summed E-state index contributed by atoms with van der Waals surface area (Å²) in [5, 5.41) is 19.5. The molecule has 0 aliphatic rings. The van der Waals surface area contributed by atoms with E-state index < -0.39 is 0 Å². The Bertz CT molecular complexity index is 618. The first-order chi connectivity index (χ1) is 8.83. The molecule has 0 fully saturated rings. The second kappa shape index (κ2) is 5.89. The summed E-state index contributed by atoms with van der Waals surface area (Å²) < 4.78 is 0. The third-order valence-corrected chi connectivity index (χ3v) is 2.46. The van der Waals surface area contributed by atoms with Gasteiger partial charge < -0.3 is 10.2 Å². The molecule has 0 unspecified atom stereocenters. The van der Waals surface area contributed by atoms with Crippen molar-refractivity contribution in [3.05, 3.63) is 47.5 Å². The second-order valence-corrected chi connectivity index (χ2v) is 3.70. The number of hydrogen-bond acceptors (Lipinski definition) is 2. The monoisotopic (exact) mass is 236 g/mol. The molecule has 0 amide bonds. The van der Waals surface area contributed by atoms with E-state index in [9.17, 15) is 0 Å². The molecule has 0 radical (unpaired) electrons. The summed E-state index contributed by atoms with van der Waals surface area (Å²) in [6.07, 6.45) is 0. The molecule has 0 atom stereocenters. The van der Waals surface area contributed by atoms with Crippen molar-refractivity contribution in [2.75, 3.05) is 13.2 Å². The third-order valence-electron chi connectivity index (χ3n) is 2.46. The van der Waals surface area contributed by atoms with Gasteiger partial charge in [0.15, 0.2) is 0 Å². The van der Waals surface area contributed by atoms with E-state index in [1.54, 1.807) is 0 Å². The minimum Gasteiger partial charge on any atom is -0.384 e. The first-order valence-electron chi connectivity index (χ1n) is 5.57. The number of fused-ring (bicyclic) bond motifs is 1. The van der Waals surface area contributed by atoms with Gasteiger partial charge in [-0.05, 0) is 35.0 Å². The van der Waals surface area contributed by atoms with Crippen LogP contribution >= 0.6 is 0 Å². The number of hydrogen-bond donors (Lipinski definition) is 2. The van der Waals surface area contributed by atoms with Crippen LogP contribution < -0.4 is 0 Å². The van der Waals surface area contributed by atoms with Crippen LogP contribution in [0.3, 0.4) is 0 Å². The zero-order valence-corrected chi connectivity index (χ0v) is 9.77. The topological polar surface area (TPSA) is 40.5 Å². The Hall–Kier alpha value is -2.26. The molecule has 2 heteroatoms. The van der Waals surface area contributed by atoms with Gasteiger partial charge in [0.25, 0.3) is 0 Å². The SMILES string of the molecule is OCC#Cc1ccc2cc(C#CCO)ccc2c1. The van der Waals surface area contributed by atoms with Gasteiger partial charge in [0.2, 0.25) is 0 Å². The minimum absolute atomic E-state index is 0.131. The van der Waals surface area contributed by atoms with E-state index in [-0.39, 0.29) is 13.2 Å². The lowest BCUT2D eigenvalue weighted by molar-refractivity contribution is 0.350. The lowest BCUT2D eigenvalue weighted by Crippen LogP contribution is -1.81. The van der Waals surface area contributed by atoms with Crippen molar-refractivity contribution in [3.8, 4) is 23.7 Å². The molecule has 18 heavy (non-hydrogen) atoms. The van der Waals surface area contributed by atoms with Gasteiger partial charge in [-0.25, -0.2) is 0 Å². The van der Waals surface area contributed by atoms with E-state index in [4.69, 9.17) is 10.2 Å². The second-order valence-electron chi connectivity index (χ2n) is 3.70. The Balaban J connectivity index is 2.42. The highest BCUT2D eigenvalue weighted by Crippen LogP contribution is 2.17. The van der Waals surface area contributed by atoms with Crippen LogP contribution in [0.1, 0.15) is 11.1 Å². The average molecular weight is 236 g/mol. The lowest BCUT2D eigenvalue weighted by Gasteiger charge is -1.99. The summed E-state index contributed by atoms with van der Waals surface area (Å²) >= 11 is 0. The van der Waals surface area contributed by atoms with Gasteiger partial charge in [-0.3, -0.25) is 0 Å². The zero-order chi connectivity index (χ0) is 12.8. The maximum atomic E-state index is 8.65. The molecular weight excluding hydrogens is 224 g/mol. The number of benzene rings is 2. The van der Waals surface area contributed by atoms with Gasteiger partial charge in [0.05, 0.1) is 0 Å². The Morgan fingerprint density at radius 2 is 1.17 bits per heavy atom. The molecule has 2 aromatic rings. The minimum atomic E-state index is -0.131. The van der Waals surface area contributed by atoms with Crippen molar-refractivity contribution in [1.29, 1.82) is 0 Å². The summed E-state index contributed by atoms with van der Waals surface area (Å²) in [6, 6.07) is 11.7. The molecule has 0 saturated heterocycles. The molecule has 2 rings (SSSR count). The van der Waals surface area contributed by atoms with Crippen molar-refractivity contribution in [2.45, 2.75) is 0 Å². The van der Waals surface area contributed by atoms with Crippen LogP contribution in [0, 0.1) is 23.7 Å². The van der Waals surface area contributed by atoms with Gasteiger partial charge in [-0.1, -0.05) is 35.8 Å². The fraction of sp³-hybridized carbons (Fsp3) is 0.125. The highest BCUT2D eigenvalue weighted by molar-refractivity contribution is 5.85. The van der Waals surface area contributed by atoms with Crippen LogP contribution in [-0.2, 0) is 0 Å². The van der Waals surface area contributed by atoms with Gasteiger partial charge in [0.1, 0.15) is 13.2 Å². The molecule has 0 aromatic heterocycles. The van der Waals surface area contributed by atoms with E-state index in [0.29, 0.717) is 0 Å². The van der Waals surface area contributed by atoms with Gasteiger partial charge in [-0.2, -0.15) is 0 Å². The van der Waals surface area contributed by atoms with Crippen molar-refractivity contribution in [1.82, 2.24) is 0 Å². The molecule has 2 nitrogen and oxygen atoms in total. The maximum absolute atomic E-state index is 8.65. The van der Waals surface area contributed by atoms with Gasteiger partial charge >= 0.3 is 0 Å². The van der Waals surface area contributed by atoms with Gasteiger partial charge in [0, 0.05) is 11.1 Å². The van der Waals surface area contributed by atoms with Crippen molar-refractivity contribution < 1.29 is 10.2 Å². The Morgan fingerprint density at radius 3 is 1.56 bits per heavy atom. The molecule has 0 bridgehead atoms. The van der Waals surface area contributed by atoms with Crippen molar-refractivity contribution in [2.24, 2.45) is 0 Å². The third kappa shape index (κ3) is 2.90. The van der Waals surface area contributed by atoms with Crippen LogP contribution in [0.2, 0.25) is 0 Å². The van der Waals surface area contributed by atoms with E-state index in [1.807, 2.05) is 36.4 Å². The fourth-order valence-corrected chi connectivity index (χ4v) is 1.68. The first-order valence-corrected chi connectivity index (χ1v) is 5.57. The highest BCUT2D eigenvalue weighted by Gasteiger charge is 1.96. The summed E-state index contributed by atoms with van der Waals surface area (Å²) in [5.74, 6) is 11.0. The van der Waals surface area contributed by atoms with E-state index in [0.717, 1.165) is 21.9 Å². The van der Waals surface area contributed by atoms with E-state index >= 15 is 0 Å². The van der Waals surface area contributed by atoms with Crippen molar-refractivity contribution >= 4 is 10.8 Å². The first kappa shape index (κ1) is 12.2. The molecule has 0 spiro atoms. The maximum Gasteiger partial charge on any atom is 0.104 e. The lowest BCUT2D eigenvalue weighted by atomic mass is 10.0. The van der Waals surface area contributed by atoms with Gasteiger partial charge in [-0.15, -0.1) is 0 Å². The Labute approximate surface area is 106 Å². The predicted molar refractivity (Wildman–Crippen MR) is 71.9 cm³/mol. The van der Waals surface area contributed by atoms with Crippen LogP contribution in [-0.4, -0.2) is 23.4 Å². The molecule has 0 aliphatic heterocycles. The smallest absolute Gasteiger partial charge is 0.104 e. The zero-order valence-electron chi connectivity index (χ0n) is 9.77. The molecule has 88 valence electrons. The largest absolute Gasteiger partial charge is 0.384 e. The summed E-state index contributed by atoms with van der Waals surface area (Å²) in [4.78, 5) is 0.